The van der Waals surface area contributed by atoms with Gasteiger partial charge in [-0.2, -0.15) is 0 Å². The van der Waals surface area contributed by atoms with Gasteiger partial charge in [0.15, 0.2) is 0 Å². The number of carbonyl (C=O) groups is 1. The first kappa shape index (κ1) is 15.0. The highest BCUT2D eigenvalue weighted by atomic mass is 16.4. The Morgan fingerprint density at radius 3 is 2.35 bits per heavy atom. The van der Waals surface area contributed by atoms with Crippen LogP contribution >= 0.6 is 0 Å². The van der Waals surface area contributed by atoms with Gasteiger partial charge >= 0.3 is 5.97 Å². The van der Waals surface area contributed by atoms with Gasteiger partial charge in [0.2, 0.25) is 0 Å². The van der Waals surface area contributed by atoms with Crippen molar-refractivity contribution in [1.29, 1.82) is 0 Å². The van der Waals surface area contributed by atoms with Crippen molar-refractivity contribution in [3.63, 3.8) is 0 Å². The van der Waals surface area contributed by atoms with Gasteiger partial charge in [-0.15, -0.1) is 0 Å². The molecule has 0 unspecified atom stereocenters. The average Bonchev–Trinajstić information content (AvgIpc) is 2.73. The molecule has 3 rings (SSSR count). The topological polar surface area (TPSA) is 70.4 Å². The maximum Gasteiger partial charge on any atom is 0.337 e. The molecule has 2 bridgehead atoms. The van der Waals surface area contributed by atoms with Gasteiger partial charge in [0.05, 0.1) is 11.7 Å². The molecule has 110 valence electrons. The quantitative estimate of drug-likeness (QED) is 0.828. The van der Waals surface area contributed by atoms with Crippen LogP contribution in [0, 0.1) is 16.7 Å². The van der Waals surface area contributed by atoms with Crippen LogP contribution in [0.3, 0.4) is 0 Å². The lowest BCUT2D eigenvalue weighted by atomic mass is 9.70. The second-order valence-corrected chi connectivity index (χ2v) is 6.67. The highest BCUT2D eigenvalue weighted by Gasteiger charge is 2.60. The van der Waals surface area contributed by atoms with Crippen molar-refractivity contribution >= 4 is 5.97 Å². The van der Waals surface area contributed by atoms with Crippen LogP contribution in [0.2, 0.25) is 0 Å². The predicted molar refractivity (Wildman–Crippen MR) is 76.4 cm³/mol. The normalized spacial score (nSPS) is 33.4. The Bertz CT molecular complexity index is 486. The minimum absolute atomic E-state index is 0.0313. The number of hydrogen-bond donors (Lipinski definition) is 2. The van der Waals surface area contributed by atoms with Crippen molar-refractivity contribution in [2.45, 2.75) is 46.1 Å². The third-order valence-corrected chi connectivity index (χ3v) is 5.66. The van der Waals surface area contributed by atoms with Crippen molar-refractivity contribution in [1.82, 2.24) is 4.98 Å². The van der Waals surface area contributed by atoms with Crippen molar-refractivity contribution in [2.75, 3.05) is 0 Å². The molecule has 2 aliphatic rings. The van der Waals surface area contributed by atoms with Crippen LogP contribution < -0.4 is 0 Å². The predicted octanol–water partition coefficient (Wildman–Crippen LogP) is 2.97. The first-order valence-corrected chi connectivity index (χ1v) is 7.10. The second-order valence-electron chi connectivity index (χ2n) is 6.67. The molecule has 0 saturated heterocycles. The zero-order valence-electron chi connectivity index (χ0n) is 12.3. The van der Waals surface area contributed by atoms with Gasteiger partial charge in [0.1, 0.15) is 0 Å². The molecule has 0 aromatic carbocycles. The maximum atomic E-state index is 10.2. The van der Waals surface area contributed by atoms with Crippen molar-refractivity contribution in [3.05, 3.63) is 30.1 Å². The van der Waals surface area contributed by atoms with E-state index in [9.17, 15) is 9.90 Å². The van der Waals surface area contributed by atoms with Gasteiger partial charge < -0.3 is 10.2 Å². The molecule has 4 nitrogen and oxygen atoms in total. The fraction of sp³-hybridized carbons (Fsp3) is 0.625. The molecule has 2 saturated carbocycles. The van der Waals surface area contributed by atoms with Crippen molar-refractivity contribution < 1.29 is 15.0 Å². The number of rotatable bonds is 1. The van der Waals surface area contributed by atoms with E-state index in [2.05, 4.69) is 25.8 Å². The number of hydrogen-bond acceptors (Lipinski definition) is 3. The standard InChI is InChI=1S/C10H18O.C6H5NO2/c1-9(2)7-4-5-10(9,3)8(11)6-7;8-6(9)5-2-1-3-7-4-5/h7-8,11H,4-6H2,1-3H3;1-4H,(H,8,9)/t7-,8+,10-;/m1./s1. The Labute approximate surface area is 119 Å². The minimum Gasteiger partial charge on any atom is -0.478 e. The molecule has 0 amide bonds. The van der Waals surface area contributed by atoms with Gasteiger partial charge in [-0.3, -0.25) is 4.98 Å². The smallest absolute Gasteiger partial charge is 0.337 e. The number of carboxylic acid groups (broad SMARTS) is 1. The summed E-state index contributed by atoms with van der Waals surface area (Å²) in [7, 11) is 0. The van der Waals surface area contributed by atoms with Crippen LogP contribution in [0.15, 0.2) is 24.5 Å². The molecule has 0 spiro atoms. The number of aromatic nitrogens is 1. The zero-order chi connectivity index (χ0) is 15.0. The monoisotopic (exact) mass is 277 g/mol. The lowest BCUT2D eigenvalue weighted by molar-refractivity contribution is 0.0126. The van der Waals surface area contributed by atoms with Gasteiger partial charge in [-0.1, -0.05) is 20.8 Å². The largest absolute Gasteiger partial charge is 0.478 e. The van der Waals surface area contributed by atoms with E-state index < -0.39 is 5.97 Å². The number of aliphatic hydroxyl groups is 1. The molecular weight excluding hydrogens is 254 g/mol. The van der Waals surface area contributed by atoms with Crippen molar-refractivity contribution in [3.8, 4) is 0 Å². The number of aromatic carboxylic acids is 1. The Balaban J connectivity index is 0.000000151. The molecule has 2 aliphatic carbocycles. The fourth-order valence-corrected chi connectivity index (χ4v) is 3.65. The first-order valence-electron chi connectivity index (χ1n) is 7.10. The number of pyridine rings is 1. The molecular formula is C16H23NO3. The van der Waals surface area contributed by atoms with Gasteiger partial charge in [0, 0.05) is 12.4 Å². The molecule has 0 aliphatic heterocycles. The SMILES string of the molecule is CC1(C)[C@@H]2CC[C@]1(C)[C@@H](O)C2.O=C(O)c1cccnc1. The molecule has 2 fully saturated rings. The van der Waals surface area contributed by atoms with E-state index in [0.29, 0.717) is 5.41 Å². The molecule has 1 heterocycles. The lowest BCUT2D eigenvalue weighted by Crippen LogP contribution is -2.35. The molecule has 1 aromatic rings. The number of fused-ring (bicyclic) bond motifs is 2. The summed E-state index contributed by atoms with van der Waals surface area (Å²) in [5.41, 5.74) is 0.821. The third-order valence-electron chi connectivity index (χ3n) is 5.66. The summed E-state index contributed by atoms with van der Waals surface area (Å²) in [6.07, 6.45) is 6.42. The molecule has 3 atom stereocenters. The summed E-state index contributed by atoms with van der Waals surface area (Å²) < 4.78 is 0. The Hall–Kier alpha value is -1.42. The first-order chi connectivity index (χ1) is 9.29. The van der Waals surface area contributed by atoms with E-state index in [1.807, 2.05) is 0 Å². The van der Waals surface area contributed by atoms with Crippen LogP contribution in [0.25, 0.3) is 0 Å². The highest BCUT2D eigenvalue weighted by molar-refractivity contribution is 5.86. The molecule has 4 heteroatoms. The second kappa shape index (κ2) is 5.17. The van der Waals surface area contributed by atoms with Crippen LogP contribution in [0.1, 0.15) is 50.4 Å². The van der Waals surface area contributed by atoms with E-state index in [1.54, 1.807) is 6.07 Å². The number of nitrogens with zero attached hydrogens (tertiary/aromatic N) is 1. The van der Waals surface area contributed by atoms with E-state index in [1.165, 1.54) is 31.3 Å². The lowest BCUT2D eigenvalue weighted by Gasteiger charge is -2.36. The average molecular weight is 277 g/mol. The summed E-state index contributed by atoms with van der Waals surface area (Å²) in [5.74, 6) is -0.161. The summed E-state index contributed by atoms with van der Waals surface area (Å²) in [6.45, 7) is 6.90. The molecule has 0 radical (unpaired) electrons. The van der Waals surface area contributed by atoms with E-state index in [0.717, 1.165) is 12.3 Å². The highest BCUT2D eigenvalue weighted by Crippen LogP contribution is 2.65. The summed E-state index contributed by atoms with van der Waals surface area (Å²) in [4.78, 5) is 13.8. The summed E-state index contributed by atoms with van der Waals surface area (Å²) in [6, 6.07) is 3.08. The molecule has 20 heavy (non-hydrogen) atoms. The number of carboxylic acids is 1. The fourth-order valence-electron chi connectivity index (χ4n) is 3.65. The summed E-state index contributed by atoms with van der Waals surface area (Å²) >= 11 is 0. The Morgan fingerprint density at radius 2 is 2.10 bits per heavy atom. The van der Waals surface area contributed by atoms with Crippen LogP contribution in [0.4, 0.5) is 0 Å². The molecule has 1 aromatic heterocycles. The Morgan fingerprint density at radius 1 is 1.40 bits per heavy atom. The van der Waals surface area contributed by atoms with Crippen LogP contribution in [0.5, 0.6) is 0 Å². The third kappa shape index (κ3) is 2.33. The van der Waals surface area contributed by atoms with Gasteiger partial charge in [-0.25, -0.2) is 4.79 Å². The Kier molecular flexibility index (Phi) is 3.87. The van der Waals surface area contributed by atoms with Crippen LogP contribution in [-0.4, -0.2) is 27.3 Å². The zero-order valence-corrected chi connectivity index (χ0v) is 12.3. The molecule has 2 N–H and O–H groups in total. The van der Waals surface area contributed by atoms with E-state index in [4.69, 9.17) is 5.11 Å². The van der Waals surface area contributed by atoms with Crippen LogP contribution in [-0.2, 0) is 0 Å². The maximum absolute atomic E-state index is 10.2. The van der Waals surface area contributed by atoms with Gasteiger partial charge in [0.25, 0.3) is 0 Å². The number of aliphatic hydroxyl groups excluding tert-OH is 1. The van der Waals surface area contributed by atoms with E-state index >= 15 is 0 Å². The van der Waals surface area contributed by atoms with Crippen molar-refractivity contribution in [2.24, 2.45) is 16.7 Å². The summed E-state index contributed by atoms with van der Waals surface area (Å²) in [5, 5.41) is 18.2. The van der Waals surface area contributed by atoms with Gasteiger partial charge in [-0.05, 0) is 48.1 Å². The minimum atomic E-state index is -0.942. The van der Waals surface area contributed by atoms with E-state index in [-0.39, 0.29) is 17.1 Å².